The minimum atomic E-state index is -3.25. The molecule has 1 saturated carbocycles. The maximum atomic E-state index is 12.4. The van der Waals surface area contributed by atoms with Crippen LogP contribution in [-0.4, -0.2) is 51.3 Å². The van der Waals surface area contributed by atoms with Gasteiger partial charge in [0.25, 0.3) is 0 Å². The van der Waals surface area contributed by atoms with Crippen LogP contribution in [0, 0.1) is 0 Å². The van der Waals surface area contributed by atoms with Crippen molar-refractivity contribution in [3.05, 3.63) is 30.1 Å². The largest absolute Gasteiger partial charge is 0.306 e. The van der Waals surface area contributed by atoms with Gasteiger partial charge in [-0.3, -0.25) is 10.1 Å². The number of amides is 1. The predicted molar refractivity (Wildman–Crippen MR) is 125 cm³/mol. The number of anilines is 1. The van der Waals surface area contributed by atoms with E-state index in [1.165, 1.54) is 48.1 Å². The second-order valence-electron chi connectivity index (χ2n) is 7.61. The van der Waals surface area contributed by atoms with Gasteiger partial charge >= 0.3 is 0 Å². The van der Waals surface area contributed by atoms with Crippen LogP contribution >= 0.6 is 23.1 Å². The first-order valence-electron chi connectivity index (χ1n) is 10.3. The van der Waals surface area contributed by atoms with Crippen molar-refractivity contribution < 1.29 is 13.2 Å². The van der Waals surface area contributed by atoms with E-state index >= 15 is 0 Å². The molecule has 4 rings (SSSR count). The topological polar surface area (TPSA) is 120 Å². The molecule has 1 aromatic carbocycles. The number of nitrogens with one attached hydrogen (secondary N) is 1. The molecule has 170 valence electrons. The van der Waals surface area contributed by atoms with E-state index < -0.39 is 9.84 Å². The van der Waals surface area contributed by atoms with Crippen molar-refractivity contribution in [3.8, 4) is 10.6 Å². The SMILES string of the molecule is CCn1c(SCC(=O)Nc2nnc(-c3ccc(S(C)(=O)=O)cc3)s2)nnc1C1CCCC1. The van der Waals surface area contributed by atoms with Crippen molar-refractivity contribution in [1.82, 2.24) is 25.0 Å². The minimum absolute atomic E-state index is 0.195. The standard InChI is InChI=1S/C20H24N6O3S3/c1-3-26-17(13-6-4-5-7-13)22-25-20(26)30-12-16(27)21-19-24-23-18(31-19)14-8-10-15(11-9-14)32(2,28)29/h8-11,13H,3-7,12H2,1-2H3,(H,21,24,27). The predicted octanol–water partition coefficient (Wildman–Crippen LogP) is 3.61. The van der Waals surface area contributed by atoms with Gasteiger partial charge in [0, 0.05) is 24.3 Å². The minimum Gasteiger partial charge on any atom is -0.306 e. The van der Waals surface area contributed by atoms with E-state index in [4.69, 9.17) is 0 Å². The third kappa shape index (κ3) is 5.18. The molecule has 3 aromatic rings. The second kappa shape index (κ2) is 9.67. The number of benzene rings is 1. The van der Waals surface area contributed by atoms with Crippen molar-refractivity contribution in [2.24, 2.45) is 0 Å². The third-order valence-electron chi connectivity index (χ3n) is 5.32. The zero-order chi connectivity index (χ0) is 22.7. The molecule has 1 N–H and O–H groups in total. The summed E-state index contributed by atoms with van der Waals surface area (Å²) < 4.78 is 25.3. The highest BCUT2D eigenvalue weighted by Gasteiger charge is 2.24. The number of sulfone groups is 1. The Hall–Kier alpha value is -2.31. The highest BCUT2D eigenvalue weighted by molar-refractivity contribution is 7.99. The van der Waals surface area contributed by atoms with Crippen LogP contribution in [0.4, 0.5) is 5.13 Å². The van der Waals surface area contributed by atoms with Gasteiger partial charge in [-0.1, -0.05) is 48.1 Å². The molecule has 1 aliphatic carbocycles. The van der Waals surface area contributed by atoms with E-state index in [0.29, 0.717) is 16.1 Å². The number of thioether (sulfide) groups is 1. The first-order chi connectivity index (χ1) is 15.3. The Labute approximate surface area is 195 Å². The summed E-state index contributed by atoms with van der Waals surface area (Å²) in [6.07, 6.45) is 5.94. The van der Waals surface area contributed by atoms with Gasteiger partial charge in [-0.05, 0) is 31.9 Å². The highest BCUT2D eigenvalue weighted by atomic mass is 32.2. The summed E-state index contributed by atoms with van der Waals surface area (Å²) >= 11 is 2.59. The van der Waals surface area contributed by atoms with Gasteiger partial charge in [0.1, 0.15) is 10.8 Å². The molecule has 2 aromatic heterocycles. The van der Waals surface area contributed by atoms with Gasteiger partial charge in [-0.2, -0.15) is 0 Å². The van der Waals surface area contributed by atoms with Crippen molar-refractivity contribution in [2.75, 3.05) is 17.3 Å². The van der Waals surface area contributed by atoms with Crippen LogP contribution in [0.1, 0.15) is 44.3 Å². The molecule has 1 amide bonds. The number of nitrogens with zero attached hydrogens (tertiary/aromatic N) is 5. The molecule has 0 radical (unpaired) electrons. The molecule has 0 saturated heterocycles. The Balaban J connectivity index is 1.36. The third-order valence-corrected chi connectivity index (χ3v) is 8.30. The van der Waals surface area contributed by atoms with Crippen molar-refractivity contribution in [3.63, 3.8) is 0 Å². The Bertz CT molecular complexity index is 1200. The zero-order valence-corrected chi connectivity index (χ0v) is 20.3. The molecule has 1 aliphatic rings. The van der Waals surface area contributed by atoms with E-state index in [9.17, 15) is 13.2 Å². The van der Waals surface area contributed by atoms with Crippen molar-refractivity contribution in [1.29, 1.82) is 0 Å². The van der Waals surface area contributed by atoms with Gasteiger partial charge in [-0.25, -0.2) is 8.42 Å². The van der Waals surface area contributed by atoms with Crippen LogP contribution in [0.5, 0.6) is 0 Å². The van der Waals surface area contributed by atoms with E-state index in [0.717, 1.165) is 42.2 Å². The molecule has 32 heavy (non-hydrogen) atoms. The van der Waals surface area contributed by atoms with E-state index in [1.54, 1.807) is 12.1 Å². The van der Waals surface area contributed by atoms with Crippen LogP contribution in [0.25, 0.3) is 10.6 Å². The molecule has 9 nitrogen and oxygen atoms in total. The summed E-state index contributed by atoms with van der Waals surface area (Å²) in [6, 6.07) is 6.42. The van der Waals surface area contributed by atoms with Gasteiger partial charge < -0.3 is 4.57 Å². The second-order valence-corrected chi connectivity index (χ2v) is 11.5. The number of rotatable bonds is 8. The number of hydrogen-bond acceptors (Lipinski definition) is 9. The van der Waals surface area contributed by atoms with Gasteiger partial charge in [0.2, 0.25) is 11.0 Å². The van der Waals surface area contributed by atoms with Crippen LogP contribution in [0.15, 0.2) is 34.3 Å². The maximum Gasteiger partial charge on any atom is 0.236 e. The van der Waals surface area contributed by atoms with E-state index in [-0.39, 0.29) is 16.6 Å². The quantitative estimate of drug-likeness (QED) is 0.474. The molecule has 2 heterocycles. The lowest BCUT2D eigenvalue weighted by atomic mass is 10.1. The summed E-state index contributed by atoms with van der Waals surface area (Å²) in [5, 5.41) is 21.3. The highest BCUT2D eigenvalue weighted by Crippen LogP contribution is 2.34. The number of carbonyl (C=O) groups is 1. The average molecular weight is 493 g/mol. The molecular formula is C20H24N6O3S3. The summed E-state index contributed by atoms with van der Waals surface area (Å²) in [5.41, 5.74) is 0.736. The lowest BCUT2D eigenvalue weighted by molar-refractivity contribution is -0.113. The summed E-state index contributed by atoms with van der Waals surface area (Å²) in [5.74, 6) is 1.50. The maximum absolute atomic E-state index is 12.4. The molecule has 1 fully saturated rings. The normalized spacial score (nSPS) is 14.7. The Morgan fingerprint density at radius 1 is 1.16 bits per heavy atom. The number of carbonyl (C=O) groups excluding carboxylic acids is 1. The molecule has 0 unspecified atom stereocenters. The van der Waals surface area contributed by atoms with E-state index in [1.807, 2.05) is 0 Å². The average Bonchev–Trinajstić information content (AvgIpc) is 3.52. The molecule has 0 aliphatic heterocycles. The lowest BCUT2D eigenvalue weighted by Gasteiger charge is -2.11. The fraction of sp³-hybridized carbons (Fsp3) is 0.450. The van der Waals surface area contributed by atoms with Crippen LogP contribution in [0.2, 0.25) is 0 Å². The molecule has 0 atom stereocenters. The number of hydrogen-bond donors (Lipinski definition) is 1. The monoisotopic (exact) mass is 492 g/mol. The van der Waals surface area contributed by atoms with Crippen molar-refractivity contribution >= 4 is 44.0 Å². The van der Waals surface area contributed by atoms with Gasteiger partial charge in [0.05, 0.1) is 10.6 Å². The summed E-state index contributed by atoms with van der Waals surface area (Å²) in [6.45, 7) is 2.85. The first-order valence-corrected chi connectivity index (χ1v) is 14.0. The fourth-order valence-corrected chi connectivity index (χ4v) is 5.92. The lowest BCUT2D eigenvalue weighted by Crippen LogP contribution is -2.14. The summed E-state index contributed by atoms with van der Waals surface area (Å²) in [7, 11) is -3.25. The fourth-order valence-electron chi connectivity index (χ4n) is 3.71. The van der Waals surface area contributed by atoms with Crippen LogP contribution < -0.4 is 5.32 Å². The molecule has 0 spiro atoms. The Morgan fingerprint density at radius 2 is 1.88 bits per heavy atom. The van der Waals surface area contributed by atoms with Gasteiger partial charge in [-0.15, -0.1) is 20.4 Å². The smallest absolute Gasteiger partial charge is 0.236 e. The molecular weight excluding hydrogens is 468 g/mol. The Morgan fingerprint density at radius 3 is 2.53 bits per heavy atom. The molecule has 12 heteroatoms. The summed E-state index contributed by atoms with van der Waals surface area (Å²) in [4.78, 5) is 12.7. The van der Waals surface area contributed by atoms with Gasteiger partial charge in [0.15, 0.2) is 15.0 Å². The van der Waals surface area contributed by atoms with Crippen molar-refractivity contribution in [2.45, 2.75) is 55.1 Å². The number of aromatic nitrogens is 5. The molecule has 0 bridgehead atoms. The van der Waals surface area contributed by atoms with Crippen LogP contribution in [-0.2, 0) is 21.2 Å². The van der Waals surface area contributed by atoms with E-state index in [2.05, 4.69) is 37.2 Å². The Kier molecular flexibility index (Phi) is 6.91. The first kappa shape index (κ1) is 22.9. The van der Waals surface area contributed by atoms with Crippen LogP contribution in [0.3, 0.4) is 0 Å². The zero-order valence-electron chi connectivity index (χ0n) is 17.8.